The van der Waals surface area contributed by atoms with Crippen LogP contribution in [0.2, 0.25) is 5.28 Å². The highest BCUT2D eigenvalue weighted by Gasteiger charge is 2.07. The number of hydrogen-bond donors (Lipinski definition) is 0. The van der Waals surface area contributed by atoms with Crippen LogP contribution in [0.25, 0.3) is 11.3 Å². The minimum atomic E-state index is 0.176. The predicted molar refractivity (Wildman–Crippen MR) is 64.5 cm³/mol. The summed E-state index contributed by atoms with van der Waals surface area (Å²) < 4.78 is 0. The van der Waals surface area contributed by atoms with Crippen molar-refractivity contribution >= 4 is 11.6 Å². The summed E-state index contributed by atoms with van der Waals surface area (Å²) in [6.07, 6.45) is 1.63. The summed E-state index contributed by atoms with van der Waals surface area (Å²) in [4.78, 5) is 4.17. The molecule has 0 aliphatic carbocycles. The molecule has 16 heavy (non-hydrogen) atoms. The van der Waals surface area contributed by atoms with E-state index in [1.165, 1.54) is 16.7 Å². The van der Waals surface area contributed by atoms with Gasteiger partial charge in [-0.2, -0.15) is 5.10 Å². The molecule has 1 heterocycles. The molecule has 0 fully saturated rings. The highest BCUT2D eigenvalue weighted by molar-refractivity contribution is 6.28. The van der Waals surface area contributed by atoms with E-state index in [0.717, 1.165) is 11.3 Å². The maximum absolute atomic E-state index is 5.73. The molecule has 0 spiro atoms. The fraction of sp³-hybridized carbons (Fsp3) is 0.250. The van der Waals surface area contributed by atoms with Crippen LogP contribution >= 0.6 is 11.6 Å². The molecular weight excluding hydrogens is 222 g/mol. The van der Waals surface area contributed by atoms with E-state index in [1.807, 2.05) is 0 Å². The number of aromatic nitrogens is 3. The second-order valence-corrected chi connectivity index (χ2v) is 4.20. The fourth-order valence-corrected chi connectivity index (χ4v) is 1.78. The van der Waals surface area contributed by atoms with Gasteiger partial charge in [0.2, 0.25) is 5.28 Å². The van der Waals surface area contributed by atoms with E-state index in [1.54, 1.807) is 6.20 Å². The summed E-state index contributed by atoms with van der Waals surface area (Å²) in [5.41, 5.74) is 5.49. The number of hydrogen-bond acceptors (Lipinski definition) is 3. The Kier molecular flexibility index (Phi) is 2.88. The second-order valence-electron chi connectivity index (χ2n) is 3.86. The van der Waals surface area contributed by atoms with E-state index in [0.29, 0.717) is 0 Å². The summed E-state index contributed by atoms with van der Waals surface area (Å²) in [6, 6.07) is 4.24. The van der Waals surface area contributed by atoms with E-state index in [9.17, 15) is 0 Å². The Morgan fingerprint density at radius 2 is 1.69 bits per heavy atom. The molecule has 0 bridgehead atoms. The first-order valence-electron chi connectivity index (χ1n) is 5.01. The van der Waals surface area contributed by atoms with Gasteiger partial charge in [-0.25, -0.2) is 4.98 Å². The Morgan fingerprint density at radius 3 is 2.38 bits per heavy atom. The molecule has 3 nitrogen and oxygen atoms in total. The number of benzene rings is 1. The van der Waals surface area contributed by atoms with Gasteiger partial charge < -0.3 is 0 Å². The molecule has 0 saturated heterocycles. The van der Waals surface area contributed by atoms with Crippen LogP contribution in [-0.4, -0.2) is 15.2 Å². The highest BCUT2D eigenvalue weighted by atomic mass is 35.5. The zero-order valence-corrected chi connectivity index (χ0v) is 10.2. The lowest BCUT2D eigenvalue weighted by Crippen LogP contribution is -1.94. The van der Waals surface area contributed by atoms with Gasteiger partial charge >= 0.3 is 0 Å². The van der Waals surface area contributed by atoms with Crippen molar-refractivity contribution in [2.24, 2.45) is 0 Å². The summed E-state index contributed by atoms with van der Waals surface area (Å²) in [6.45, 7) is 6.23. The third-order valence-corrected chi connectivity index (χ3v) is 2.81. The van der Waals surface area contributed by atoms with Crippen LogP contribution in [0.5, 0.6) is 0 Å². The Balaban J connectivity index is 2.60. The van der Waals surface area contributed by atoms with Crippen molar-refractivity contribution in [1.29, 1.82) is 0 Å². The van der Waals surface area contributed by atoms with Gasteiger partial charge in [-0.3, -0.25) is 0 Å². The van der Waals surface area contributed by atoms with Gasteiger partial charge in [-0.15, -0.1) is 5.10 Å². The quantitative estimate of drug-likeness (QED) is 0.760. The molecule has 0 amide bonds. The average molecular weight is 234 g/mol. The molecule has 0 saturated carbocycles. The lowest BCUT2D eigenvalue weighted by atomic mass is 9.99. The molecule has 82 valence electrons. The third kappa shape index (κ3) is 2.04. The maximum atomic E-state index is 5.73. The molecule has 0 N–H and O–H groups in total. The van der Waals surface area contributed by atoms with Crippen LogP contribution in [0.15, 0.2) is 18.3 Å². The predicted octanol–water partition coefficient (Wildman–Crippen LogP) is 3.12. The van der Waals surface area contributed by atoms with Crippen LogP contribution in [0.1, 0.15) is 16.7 Å². The van der Waals surface area contributed by atoms with Crippen LogP contribution < -0.4 is 0 Å². The number of nitrogens with zero attached hydrogens (tertiary/aromatic N) is 3. The van der Waals surface area contributed by atoms with E-state index in [2.05, 4.69) is 48.1 Å². The van der Waals surface area contributed by atoms with E-state index >= 15 is 0 Å². The first-order valence-corrected chi connectivity index (χ1v) is 5.39. The molecule has 0 radical (unpaired) electrons. The summed E-state index contributed by atoms with van der Waals surface area (Å²) in [5.74, 6) is 0. The molecule has 2 aromatic rings. The van der Waals surface area contributed by atoms with Crippen molar-refractivity contribution in [3.05, 3.63) is 40.3 Å². The smallest absolute Gasteiger partial charge is 0.215 e. The Bertz CT molecular complexity index is 538. The van der Waals surface area contributed by atoms with Gasteiger partial charge in [-0.05, 0) is 55.1 Å². The molecule has 4 heteroatoms. The van der Waals surface area contributed by atoms with Gasteiger partial charge in [0.05, 0.1) is 11.9 Å². The molecule has 0 aliphatic rings. The standard InChI is InChI=1S/C12H12ClN3/c1-7-4-9(3)10(5-8(7)2)11-6-14-16-12(13)15-11/h4-6H,1-3H3. The van der Waals surface area contributed by atoms with E-state index in [4.69, 9.17) is 11.6 Å². The van der Waals surface area contributed by atoms with Crippen LogP contribution in [0, 0.1) is 20.8 Å². The summed E-state index contributed by atoms with van der Waals surface area (Å²) in [7, 11) is 0. The van der Waals surface area contributed by atoms with Crippen molar-refractivity contribution in [2.75, 3.05) is 0 Å². The first kappa shape index (κ1) is 11.0. The molecule has 0 atom stereocenters. The topological polar surface area (TPSA) is 38.7 Å². The van der Waals surface area contributed by atoms with Gasteiger partial charge in [0.15, 0.2) is 0 Å². The zero-order chi connectivity index (χ0) is 11.7. The molecule has 1 aromatic heterocycles. The zero-order valence-electron chi connectivity index (χ0n) is 9.45. The minimum absolute atomic E-state index is 0.176. The largest absolute Gasteiger partial charge is 0.243 e. The lowest BCUT2D eigenvalue weighted by molar-refractivity contribution is 0.973. The SMILES string of the molecule is Cc1cc(C)c(-c2cnnc(Cl)n2)cc1C. The van der Waals surface area contributed by atoms with Crippen LogP contribution in [0.4, 0.5) is 0 Å². The lowest BCUT2D eigenvalue weighted by Gasteiger charge is -2.08. The van der Waals surface area contributed by atoms with Crippen molar-refractivity contribution in [3.63, 3.8) is 0 Å². The van der Waals surface area contributed by atoms with E-state index in [-0.39, 0.29) is 5.28 Å². The van der Waals surface area contributed by atoms with Crippen LogP contribution in [-0.2, 0) is 0 Å². The third-order valence-electron chi connectivity index (χ3n) is 2.65. The van der Waals surface area contributed by atoms with Gasteiger partial charge in [0, 0.05) is 5.56 Å². The summed E-state index contributed by atoms with van der Waals surface area (Å²) in [5, 5.41) is 7.62. The Hall–Kier alpha value is -1.48. The first-order chi connectivity index (χ1) is 7.58. The Morgan fingerprint density at radius 1 is 1.00 bits per heavy atom. The average Bonchev–Trinajstić information content (AvgIpc) is 2.23. The van der Waals surface area contributed by atoms with Gasteiger partial charge in [0.1, 0.15) is 0 Å². The van der Waals surface area contributed by atoms with Gasteiger partial charge in [0.25, 0.3) is 0 Å². The normalized spacial score (nSPS) is 10.5. The fourth-order valence-electron chi connectivity index (χ4n) is 1.65. The van der Waals surface area contributed by atoms with Crippen molar-refractivity contribution in [3.8, 4) is 11.3 Å². The summed E-state index contributed by atoms with van der Waals surface area (Å²) >= 11 is 5.73. The highest BCUT2D eigenvalue weighted by Crippen LogP contribution is 2.24. The molecule has 0 unspecified atom stereocenters. The number of rotatable bonds is 1. The van der Waals surface area contributed by atoms with E-state index < -0.39 is 0 Å². The second kappa shape index (κ2) is 4.18. The van der Waals surface area contributed by atoms with Crippen molar-refractivity contribution in [1.82, 2.24) is 15.2 Å². The number of aryl methyl sites for hydroxylation is 3. The molecule has 2 rings (SSSR count). The molecule has 1 aromatic carbocycles. The minimum Gasteiger partial charge on any atom is -0.215 e. The maximum Gasteiger partial charge on any atom is 0.243 e. The van der Waals surface area contributed by atoms with Crippen molar-refractivity contribution < 1.29 is 0 Å². The van der Waals surface area contributed by atoms with Gasteiger partial charge in [-0.1, -0.05) is 6.07 Å². The molecule has 0 aliphatic heterocycles. The van der Waals surface area contributed by atoms with Crippen molar-refractivity contribution in [2.45, 2.75) is 20.8 Å². The Labute approximate surface area is 99.5 Å². The molecular formula is C12H12ClN3. The van der Waals surface area contributed by atoms with Crippen LogP contribution in [0.3, 0.4) is 0 Å². The monoisotopic (exact) mass is 233 g/mol. The number of halogens is 1.